The number of allylic oxidation sites excluding steroid dienone is 2. The molecule has 0 aliphatic heterocycles. The first-order chi connectivity index (χ1) is 11.8. The number of hydrogen-bond donors (Lipinski definition) is 4. The largest absolute Gasteiger partial charge is 0.398 e. The molecule has 0 heterocycles. The molecule has 7 heteroatoms. The van der Waals surface area contributed by atoms with Crippen LogP contribution in [-0.4, -0.2) is 31.2 Å². The molecule has 25 heavy (non-hydrogen) atoms. The van der Waals surface area contributed by atoms with Crippen LogP contribution in [-0.2, 0) is 4.79 Å². The van der Waals surface area contributed by atoms with Gasteiger partial charge in [-0.15, -0.1) is 11.7 Å². The van der Waals surface area contributed by atoms with Gasteiger partial charge in [0, 0.05) is 47.8 Å². The van der Waals surface area contributed by atoms with Crippen LogP contribution in [0.25, 0.3) is 0 Å². The van der Waals surface area contributed by atoms with Crippen molar-refractivity contribution in [3.8, 4) is 0 Å². The summed E-state index contributed by atoms with van der Waals surface area (Å²) >= 11 is 0. The molecule has 0 aliphatic rings. The van der Waals surface area contributed by atoms with Crippen molar-refractivity contribution in [2.45, 2.75) is 13.3 Å². The lowest BCUT2D eigenvalue weighted by Gasteiger charge is -2.16. The number of nitrogens with zero attached hydrogens (tertiary/aromatic N) is 2. The minimum Gasteiger partial charge on any atom is -0.398 e. The summed E-state index contributed by atoms with van der Waals surface area (Å²) in [5.41, 5.74) is 14.2. The van der Waals surface area contributed by atoms with Gasteiger partial charge in [0.05, 0.1) is 0 Å². The molecule has 0 radical (unpaired) electrons. The Labute approximate surface area is 147 Å². The first-order valence-corrected chi connectivity index (χ1v) is 7.64. The summed E-state index contributed by atoms with van der Waals surface area (Å²) in [6.45, 7) is 8.69. The zero-order valence-electron chi connectivity index (χ0n) is 14.5. The third-order valence-electron chi connectivity index (χ3n) is 3.65. The van der Waals surface area contributed by atoms with Gasteiger partial charge in [0.2, 0.25) is 5.91 Å². The summed E-state index contributed by atoms with van der Waals surface area (Å²) in [5.74, 6) is -0.360. The van der Waals surface area contributed by atoms with Crippen LogP contribution in [0.5, 0.6) is 0 Å². The molecule has 0 aliphatic carbocycles. The predicted octanol–water partition coefficient (Wildman–Crippen LogP) is 1.84. The van der Waals surface area contributed by atoms with E-state index in [4.69, 9.17) is 16.9 Å². The number of benzene rings is 1. The summed E-state index contributed by atoms with van der Waals surface area (Å²) in [5, 5.41) is 18.2. The fourth-order valence-electron chi connectivity index (χ4n) is 2.31. The number of carbonyl (C=O) groups excluding carboxylic acids is 1. The van der Waals surface area contributed by atoms with Crippen LogP contribution < -0.4 is 16.8 Å². The van der Waals surface area contributed by atoms with Gasteiger partial charge in [-0.3, -0.25) is 4.79 Å². The Morgan fingerprint density at radius 3 is 2.72 bits per heavy atom. The zero-order valence-corrected chi connectivity index (χ0v) is 14.5. The summed E-state index contributed by atoms with van der Waals surface area (Å²) in [7, 11) is 1.56. The quantitative estimate of drug-likeness (QED) is 0.144. The Hall–Kier alpha value is -3.22. The second kappa shape index (κ2) is 9.17. The lowest BCUT2D eigenvalue weighted by atomic mass is 9.90. The van der Waals surface area contributed by atoms with Crippen molar-refractivity contribution in [3.63, 3.8) is 0 Å². The number of amidine groups is 1. The highest BCUT2D eigenvalue weighted by molar-refractivity contribution is 6.08. The van der Waals surface area contributed by atoms with Crippen molar-refractivity contribution >= 4 is 29.9 Å². The van der Waals surface area contributed by atoms with Crippen LogP contribution in [0.15, 0.2) is 52.7 Å². The average Bonchev–Trinajstić information content (AvgIpc) is 2.60. The molecular weight excluding hydrogens is 316 g/mol. The minimum absolute atomic E-state index is 0.182. The number of nitrogens with one attached hydrogen (secondary N) is 2. The van der Waals surface area contributed by atoms with Crippen molar-refractivity contribution in [1.82, 2.24) is 5.32 Å². The Morgan fingerprint density at radius 1 is 1.48 bits per heavy atom. The van der Waals surface area contributed by atoms with Crippen molar-refractivity contribution in [2.24, 2.45) is 21.9 Å². The van der Waals surface area contributed by atoms with E-state index in [0.29, 0.717) is 28.8 Å². The van der Waals surface area contributed by atoms with E-state index in [2.05, 4.69) is 28.8 Å². The van der Waals surface area contributed by atoms with Gasteiger partial charge in [-0.1, -0.05) is 12.2 Å². The summed E-state index contributed by atoms with van der Waals surface area (Å²) in [4.78, 5) is 11.7. The molecule has 1 aromatic rings. The van der Waals surface area contributed by atoms with Gasteiger partial charge in [-0.2, -0.15) is 5.10 Å². The van der Waals surface area contributed by atoms with Crippen LogP contribution >= 0.6 is 0 Å². The lowest BCUT2D eigenvalue weighted by Crippen LogP contribution is -2.21. The van der Waals surface area contributed by atoms with E-state index < -0.39 is 0 Å². The highest BCUT2D eigenvalue weighted by atomic mass is 16.1. The number of hydrogen-bond acceptors (Lipinski definition) is 5. The number of nitrogens with two attached hydrogens (primary N) is 2. The van der Waals surface area contributed by atoms with Crippen LogP contribution in [0.1, 0.15) is 24.5 Å². The maximum Gasteiger partial charge on any atom is 0.246 e. The molecule has 0 fully saturated rings. The molecule has 1 rings (SSSR count). The van der Waals surface area contributed by atoms with Gasteiger partial charge in [-0.25, -0.2) is 0 Å². The third kappa shape index (κ3) is 5.13. The molecule has 0 spiro atoms. The first-order valence-electron chi connectivity index (χ1n) is 7.64. The monoisotopic (exact) mass is 340 g/mol. The van der Waals surface area contributed by atoms with E-state index in [1.807, 2.05) is 0 Å². The Morgan fingerprint density at radius 2 is 2.16 bits per heavy atom. The molecule has 1 atom stereocenters. The number of nitrogen functional groups attached to an aromatic ring is 1. The zero-order chi connectivity index (χ0) is 19.0. The highest BCUT2D eigenvalue weighted by Crippen LogP contribution is 2.22. The highest BCUT2D eigenvalue weighted by Gasteiger charge is 2.18. The second-order valence-corrected chi connectivity index (χ2v) is 5.40. The van der Waals surface area contributed by atoms with E-state index in [-0.39, 0.29) is 23.4 Å². The fourth-order valence-corrected chi connectivity index (χ4v) is 2.31. The van der Waals surface area contributed by atoms with Gasteiger partial charge in [0.1, 0.15) is 0 Å². The number of likely N-dealkylation sites (N-methyl/N-ethyl adjacent to an activating group) is 1. The van der Waals surface area contributed by atoms with Crippen LogP contribution in [0, 0.1) is 11.3 Å². The third-order valence-corrected chi connectivity index (χ3v) is 3.65. The van der Waals surface area contributed by atoms with Crippen molar-refractivity contribution in [2.75, 3.05) is 12.8 Å². The fraction of sp³-hybridized carbons (Fsp3) is 0.222. The van der Waals surface area contributed by atoms with E-state index in [1.54, 1.807) is 44.3 Å². The molecule has 1 aromatic carbocycles. The average molecular weight is 340 g/mol. The molecule has 132 valence electrons. The molecular formula is C18H24N6O. The van der Waals surface area contributed by atoms with Crippen molar-refractivity contribution in [1.29, 1.82) is 5.41 Å². The van der Waals surface area contributed by atoms with E-state index in [9.17, 15) is 4.79 Å². The van der Waals surface area contributed by atoms with Gasteiger partial charge < -0.3 is 22.2 Å². The molecule has 0 unspecified atom stereocenters. The maximum absolute atomic E-state index is 11.7. The van der Waals surface area contributed by atoms with Crippen molar-refractivity contribution < 1.29 is 4.79 Å². The molecule has 0 bridgehead atoms. The summed E-state index contributed by atoms with van der Waals surface area (Å²) < 4.78 is 0. The maximum atomic E-state index is 11.7. The molecule has 0 saturated carbocycles. The normalized spacial score (nSPS) is 13.0. The van der Waals surface area contributed by atoms with E-state index >= 15 is 0 Å². The van der Waals surface area contributed by atoms with Crippen molar-refractivity contribution in [3.05, 3.63) is 53.6 Å². The SMILES string of the molecule is C=CC[C@H](/C=C(\C)C(=O)NC)C(=N)c1cc(/C(N)=N/N=C)ccc1N. The lowest BCUT2D eigenvalue weighted by molar-refractivity contribution is -0.117. The van der Waals surface area contributed by atoms with Gasteiger partial charge in [-0.05, 0) is 31.5 Å². The number of amides is 1. The minimum atomic E-state index is -0.344. The van der Waals surface area contributed by atoms with Gasteiger partial charge in [0.15, 0.2) is 5.84 Å². The van der Waals surface area contributed by atoms with Gasteiger partial charge >= 0.3 is 0 Å². The standard InChI is InChI=1S/C18H24N6O/c1-5-6-12(9-11(2)18(25)22-3)16(20)14-10-13(7-8-15(14)19)17(21)24-23-4/h5,7-10,12,20H,1,4,6,19H2,2-3H3,(H2,21,24)(H,22,25)/b11-9+,20-16?/t12-/m1/s1. The predicted molar refractivity (Wildman–Crippen MR) is 104 cm³/mol. The number of rotatable bonds is 8. The van der Waals surface area contributed by atoms with Crippen LogP contribution in [0.2, 0.25) is 0 Å². The number of carbonyl (C=O) groups is 1. The summed E-state index contributed by atoms with van der Waals surface area (Å²) in [6, 6.07) is 5.04. The molecule has 0 aromatic heterocycles. The Bertz CT molecular complexity index is 748. The Balaban J connectivity index is 3.31. The smallest absolute Gasteiger partial charge is 0.246 e. The number of anilines is 1. The first kappa shape index (κ1) is 19.8. The molecule has 1 amide bonds. The molecule has 0 saturated heterocycles. The van der Waals surface area contributed by atoms with Gasteiger partial charge in [0.25, 0.3) is 0 Å². The summed E-state index contributed by atoms with van der Waals surface area (Å²) in [6.07, 6.45) is 3.93. The van der Waals surface area contributed by atoms with Crippen LogP contribution in [0.3, 0.4) is 0 Å². The second-order valence-electron chi connectivity index (χ2n) is 5.40. The topological polar surface area (TPSA) is 130 Å². The van der Waals surface area contributed by atoms with E-state index in [1.165, 1.54) is 0 Å². The molecule has 7 nitrogen and oxygen atoms in total. The Kier molecular flexibility index (Phi) is 7.27. The van der Waals surface area contributed by atoms with E-state index in [0.717, 1.165) is 0 Å². The van der Waals surface area contributed by atoms with Crippen LogP contribution in [0.4, 0.5) is 5.69 Å². The molecule has 6 N–H and O–H groups in total.